The van der Waals surface area contributed by atoms with Gasteiger partial charge in [0.05, 0.1) is 0 Å². The number of rotatable bonds is 7. The molecule has 0 unspecified atom stereocenters. The first-order valence-corrected chi connectivity index (χ1v) is 9.82. The van der Waals surface area contributed by atoms with E-state index in [0.29, 0.717) is 12.1 Å². The minimum absolute atomic E-state index is 0.0650. The van der Waals surface area contributed by atoms with Crippen molar-refractivity contribution in [3.05, 3.63) is 53.1 Å². The highest BCUT2D eigenvalue weighted by Gasteiger charge is 2.24. The number of aromatic hydroxyl groups is 1. The number of carboxylic acid groups (broad SMARTS) is 1. The Morgan fingerprint density at radius 1 is 1.13 bits per heavy atom. The predicted molar refractivity (Wildman–Crippen MR) is 118 cm³/mol. The molecule has 0 saturated carbocycles. The number of phenols is 1. The van der Waals surface area contributed by atoms with Crippen LogP contribution in [-0.4, -0.2) is 46.2 Å². The van der Waals surface area contributed by atoms with E-state index < -0.39 is 11.7 Å². The van der Waals surface area contributed by atoms with E-state index in [1.807, 2.05) is 39.8 Å². The van der Waals surface area contributed by atoms with Gasteiger partial charge in [0, 0.05) is 30.8 Å². The van der Waals surface area contributed by atoms with Gasteiger partial charge in [-0.1, -0.05) is 32.0 Å². The third-order valence-electron chi connectivity index (χ3n) is 4.82. The molecule has 166 valence electrons. The number of carbonyl (C=O) groups is 2. The molecule has 8 nitrogen and oxygen atoms in total. The Balaban J connectivity index is 2.34. The third kappa shape index (κ3) is 5.53. The van der Waals surface area contributed by atoms with Crippen molar-refractivity contribution in [2.75, 3.05) is 18.1 Å². The van der Waals surface area contributed by atoms with Gasteiger partial charge in [0.1, 0.15) is 29.4 Å². The normalized spacial score (nSPS) is 11.8. The van der Waals surface area contributed by atoms with Crippen LogP contribution in [0.15, 0.2) is 41.6 Å². The number of nitrogens with zero attached hydrogens (tertiary/aromatic N) is 2. The second-order valence-electron chi connectivity index (χ2n) is 8.06. The number of amides is 1. The van der Waals surface area contributed by atoms with Crippen LogP contribution < -0.4 is 9.64 Å². The van der Waals surface area contributed by atoms with E-state index in [2.05, 4.69) is 5.16 Å². The standard InChI is InChI=1S/C23H28N2O6/c1-6-25(14(2)26)20-10-7-15(11-18(20)23(3,4)5)19(24-30)13-31-16-8-9-17(22(28)29)21(27)12-16/h7-12,27,30H,6,13H2,1-5H3,(H,28,29)/b24-19-. The van der Waals surface area contributed by atoms with E-state index in [-0.39, 0.29) is 35.0 Å². The predicted octanol–water partition coefficient (Wildman–Crippen LogP) is 4.02. The molecule has 0 aliphatic carbocycles. The molecule has 0 radical (unpaired) electrons. The number of hydrogen-bond donors (Lipinski definition) is 3. The molecule has 2 rings (SSSR count). The molecular formula is C23H28N2O6. The molecule has 2 aromatic carbocycles. The van der Waals surface area contributed by atoms with Crippen molar-refractivity contribution in [1.29, 1.82) is 0 Å². The van der Waals surface area contributed by atoms with Crippen molar-refractivity contribution < 1.29 is 29.7 Å². The number of ether oxygens (including phenoxy) is 1. The van der Waals surface area contributed by atoms with Crippen LogP contribution in [0.2, 0.25) is 0 Å². The Labute approximate surface area is 181 Å². The molecule has 0 aromatic heterocycles. The summed E-state index contributed by atoms with van der Waals surface area (Å²) in [5, 5.41) is 31.7. The van der Waals surface area contributed by atoms with Crippen LogP contribution in [0.1, 0.15) is 56.1 Å². The summed E-state index contributed by atoms with van der Waals surface area (Å²) in [6.45, 7) is 9.92. The Morgan fingerprint density at radius 3 is 2.29 bits per heavy atom. The Bertz CT molecular complexity index is 1010. The summed E-state index contributed by atoms with van der Waals surface area (Å²) in [6.07, 6.45) is 0. The first kappa shape index (κ1) is 23.7. The van der Waals surface area contributed by atoms with Gasteiger partial charge in [-0.05, 0) is 42.2 Å². The van der Waals surface area contributed by atoms with Crippen LogP contribution in [0.4, 0.5) is 5.69 Å². The number of carboxylic acids is 1. The lowest BCUT2D eigenvalue weighted by atomic mass is 9.84. The zero-order chi connectivity index (χ0) is 23.3. The van der Waals surface area contributed by atoms with E-state index >= 15 is 0 Å². The van der Waals surface area contributed by atoms with Crippen LogP contribution in [0.5, 0.6) is 11.5 Å². The monoisotopic (exact) mass is 428 g/mol. The lowest BCUT2D eigenvalue weighted by Gasteiger charge is -2.29. The summed E-state index contributed by atoms with van der Waals surface area (Å²) in [5.41, 5.74) is 2.03. The van der Waals surface area contributed by atoms with Crippen molar-refractivity contribution in [3.8, 4) is 11.5 Å². The molecule has 1 amide bonds. The van der Waals surface area contributed by atoms with Crippen LogP contribution in [0, 0.1) is 0 Å². The van der Waals surface area contributed by atoms with Gasteiger partial charge in [-0.2, -0.15) is 0 Å². The van der Waals surface area contributed by atoms with Gasteiger partial charge in [-0.25, -0.2) is 4.79 Å². The van der Waals surface area contributed by atoms with Crippen LogP contribution in [0.3, 0.4) is 0 Å². The van der Waals surface area contributed by atoms with E-state index in [1.165, 1.54) is 25.1 Å². The minimum atomic E-state index is -1.25. The minimum Gasteiger partial charge on any atom is -0.507 e. The Hall–Kier alpha value is -3.55. The summed E-state index contributed by atoms with van der Waals surface area (Å²) in [6, 6.07) is 9.27. The number of anilines is 1. The highest BCUT2D eigenvalue weighted by atomic mass is 16.5. The lowest BCUT2D eigenvalue weighted by molar-refractivity contribution is -0.116. The summed E-state index contributed by atoms with van der Waals surface area (Å²) in [7, 11) is 0. The molecule has 0 aliphatic heterocycles. The highest BCUT2D eigenvalue weighted by Crippen LogP contribution is 2.33. The molecular weight excluding hydrogens is 400 g/mol. The summed E-state index contributed by atoms with van der Waals surface area (Å²) < 4.78 is 5.58. The molecule has 0 atom stereocenters. The van der Waals surface area contributed by atoms with Gasteiger partial charge >= 0.3 is 5.97 Å². The molecule has 0 aliphatic rings. The van der Waals surface area contributed by atoms with Gasteiger partial charge in [-0.15, -0.1) is 0 Å². The van der Waals surface area contributed by atoms with Crippen LogP contribution in [-0.2, 0) is 10.2 Å². The maximum Gasteiger partial charge on any atom is 0.339 e. The first-order chi connectivity index (χ1) is 14.5. The maximum atomic E-state index is 12.1. The number of benzene rings is 2. The number of aromatic carboxylic acids is 1. The van der Waals surface area contributed by atoms with Crippen LogP contribution in [0.25, 0.3) is 0 Å². The molecule has 0 spiro atoms. The Morgan fingerprint density at radius 2 is 1.81 bits per heavy atom. The fourth-order valence-electron chi connectivity index (χ4n) is 3.22. The average molecular weight is 428 g/mol. The zero-order valence-corrected chi connectivity index (χ0v) is 18.3. The zero-order valence-electron chi connectivity index (χ0n) is 18.3. The number of hydrogen-bond acceptors (Lipinski definition) is 6. The average Bonchev–Trinajstić information content (AvgIpc) is 2.68. The van der Waals surface area contributed by atoms with E-state index in [9.17, 15) is 19.9 Å². The lowest BCUT2D eigenvalue weighted by Crippen LogP contribution is -2.31. The largest absolute Gasteiger partial charge is 0.507 e. The van der Waals surface area contributed by atoms with Crippen molar-refractivity contribution >= 4 is 23.3 Å². The second-order valence-corrected chi connectivity index (χ2v) is 8.06. The fraction of sp³-hybridized carbons (Fsp3) is 0.348. The molecule has 2 aromatic rings. The molecule has 3 N–H and O–H groups in total. The van der Waals surface area contributed by atoms with Crippen molar-refractivity contribution in [3.63, 3.8) is 0 Å². The van der Waals surface area contributed by atoms with E-state index in [1.54, 1.807) is 11.0 Å². The van der Waals surface area contributed by atoms with Gasteiger partial charge in [0.15, 0.2) is 0 Å². The summed E-state index contributed by atoms with van der Waals surface area (Å²) in [5.74, 6) is -1.51. The van der Waals surface area contributed by atoms with Gasteiger partial charge < -0.3 is 25.1 Å². The molecule has 0 bridgehead atoms. The van der Waals surface area contributed by atoms with E-state index in [4.69, 9.17) is 9.84 Å². The first-order valence-electron chi connectivity index (χ1n) is 9.82. The SMILES string of the molecule is CCN(C(C)=O)c1ccc(/C(COc2ccc(C(=O)O)c(O)c2)=N\O)cc1C(C)(C)C. The summed E-state index contributed by atoms with van der Waals surface area (Å²) in [4.78, 5) is 24.8. The number of oxime groups is 1. The maximum absolute atomic E-state index is 12.1. The Kier molecular flexibility index (Phi) is 7.28. The third-order valence-corrected chi connectivity index (χ3v) is 4.82. The van der Waals surface area contributed by atoms with Crippen molar-refractivity contribution in [2.45, 2.75) is 40.0 Å². The van der Waals surface area contributed by atoms with Gasteiger partial charge in [0.2, 0.25) is 5.91 Å². The topological polar surface area (TPSA) is 120 Å². The van der Waals surface area contributed by atoms with Gasteiger partial charge in [0.25, 0.3) is 0 Å². The van der Waals surface area contributed by atoms with Crippen molar-refractivity contribution in [1.82, 2.24) is 0 Å². The molecule has 0 saturated heterocycles. The van der Waals surface area contributed by atoms with E-state index in [0.717, 1.165) is 11.3 Å². The van der Waals surface area contributed by atoms with Crippen LogP contribution >= 0.6 is 0 Å². The molecule has 0 heterocycles. The molecule has 8 heteroatoms. The van der Waals surface area contributed by atoms with Crippen molar-refractivity contribution in [2.24, 2.45) is 5.16 Å². The summed E-state index contributed by atoms with van der Waals surface area (Å²) >= 11 is 0. The second kappa shape index (κ2) is 9.51. The fourth-order valence-corrected chi connectivity index (χ4v) is 3.22. The quantitative estimate of drug-likeness (QED) is 0.348. The molecule has 0 fully saturated rings. The smallest absolute Gasteiger partial charge is 0.339 e. The molecule has 31 heavy (non-hydrogen) atoms. The number of carbonyl (C=O) groups excluding carboxylic acids is 1. The highest BCUT2D eigenvalue weighted by molar-refractivity contribution is 6.02. The van der Waals surface area contributed by atoms with Gasteiger partial charge in [-0.3, -0.25) is 4.79 Å².